The molecular weight excluding hydrogens is 284 g/mol. The molecule has 0 radical (unpaired) electrons. The van der Waals surface area contributed by atoms with Crippen molar-refractivity contribution in [3.8, 4) is 0 Å². The fourth-order valence-electron chi connectivity index (χ4n) is 2.16. The molecule has 0 bridgehead atoms. The molecule has 22 heavy (non-hydrogen) atoms. The molecule has 0 aliphatic rings. The van der Waals surface area contributed by atoms with Crippen molar-refractivity contribution in [1.82, 2.24) is 5.16 Å². The Balaban J connectivity index is 1.98. The molecule has 6 nitrogen and oxygen atoms in total. The normalized spacial score (nSPS) is 10.4. The fraction of sp³-hybridized carbons (Fsp3) is 0.312. The van der Waals surface area contributed by atoms with Crippen LogP contribution in [0.1, 0.15) is 32.9 Å². The summed E-state index contributed by atoms with van der Waals surface area (Å²) in [4.78, 5) is 23.9. The van der Waals surface area contributed by atoms with E-state index < -0.39 is 11.9 Å². The first kappa shape index (κ1) is 15.8. The molecule has 1 heterocycles. The highest BCUT2D eigenvalue weighted by atomic mass is 16.5. The lowest BCUT2D eigenvalue weighted by Crippen LogP contribution is -2.22. The van der Waals surface area contributed by atoms with Crippen LogP contribution in [0.5, 0.6) is 0 Å². The summed E-state index contributed by atoms with van der Waals surface area (Å²) >= 11 is 0. The number of para-hydroxylation sites is 1. The van der Waals surface area contributed by atoms with Crippen molar-refractivity contribution in [2.24, 2.45) is 0 Å². The van der Waals surface area contributed by atoms with Crippen molar-refractivity contribution in [1.29, 1.82) is 0 Å². The zero-order valence-corrected chi connectivity index (χ0v) is 13.0. The van der Waals surface area contributed by atoms with Crippen LogP contribution in [0.25, 0.3) is 0 Å². The highest BCUT2D eigenvalue weighted by Crippen LogP contribution is 2.19. The van der Waals surface area contributed by atoms with Crippen molar-refractivity contribution < 1.29 is 18.8 Å². The summed E-state index contributed by atoms with van der Waals surface area (Å²) in [6.07, 6.45) is 0. The summed E-state index contributed by atoms with van der Waals surface area (Å²) in [5.74, 6) is -0.636. The van der Waals surface area contributed by atoms with Crippen LogP contribution >= 0.6 is 0 Å². The van der Waals surface area contributed by atoms with Crippen molar-refractivity contribution in [3.05, 3.63) is 46.3 Å². The predicted molar refractivity (Wildman–Crippen MR) is 80.8 cm³/mol. The molecule has 0 fully saturated rings. The Morgan fingerprint density at radius 2 is 1.82 bits per heavy atom. The van der Waals surface area contributed by atoms with Gasteiger partial charge < -0.3 is 14.6 Å². The number of nitrogens with one attached hydrogen (secondary N) is 1. The van der Waals surface area contributed by atoms with Gasteiger partial charge in [0.25, 0.3) is 5.91 Å². The van der Waals surface area contributed by atoms with E-state index in [1.54, 1.807) is 13.8 Å². The number of rotatable bonds is 4. The van der Waals surface area contributed by atoms with Gasteiger partial charge in [0.2, 0.25) is 0 Å². The predicted octanol–water partition coefficient (Wildman–Crippen LogP) is 2.70. The monoisotopic (exact) mass is 302 g/mol. The van der Waals surface area contributed by atoms with Crippen LogP contribution < -0.4 is 5.32 Å². The summed E-state index contributed by atoms with van der Waals surface area (Å²) in [6.45, 7) is 6.70. The molecular formula is C16H18N2O4. The smallest absolute Gasteiger partial charge is 0.344 e. The van der Waals surface area contributed by atoms with E-state index in [1.165, 1.54) is 0 Å². The minimum Gasteiger partial charge on any atom is -0.452 e. The third-order valence-electron chi connectivity index (χ3n) is 3.32. The number of benzene rings is 1. The van der Waals surface area contributed by atoms with E-state index >= 15 is 0 Å². The van der Waals surface area contributed by atoms with Gasteiger partial charge >= 0.3 is 5.97 Å². The van der Waals surface area contributed by atoms with Gasteiger partial charge in [-0.2, -0.15) is 0 Å². The van der Waals surface area contributed by atoms with Crippen molar-refractivity contribution in [2.45, 2.75) is 27.7 Å². The highest BCUT2D eigenvalue weighted by Gasteiger charge is 2.20. The van der Waals surface area contributed by atoms with Gasteiger partial charge in [0, 0.05) is 5.69 Å². The summed E-state index contributed by atoms with van der Waals surface area (Å²) in [6, 6.07) is 5.72. The number of nitrogens with zero attached hydrogens (tertiary/aromatic N) is 1. The summed E-state index contributed by atoms with van der Waals surface area (Å²) < 4.78 is 9.91. The molecule has 0 unspecified atom stereocenters. The van der Waals surface area contributed by atoms with E-state index in [9.17, 15) is 9.59 Å². The van der Waals surface area contributed by atoms with Crippen LogP contribution in [0, 0.1) is 27.7 Å². The third kappa shape index (κ3) is 3.33. The maximum absolute atomic E-state index is 11.9. The number of aromatic nitrogens is 1. The number of anilines is 1. The Kier molecular flexibility index (Phi) is 4.60. The van der Waals surface area contributed by atoms with E-state index in [1.807, 2.05) is 32.0 Å². The number of amides is 1. The number of hydrogen-bond donors (Lipinski definition) is 1. The maximum atomic E-state index is 11.9. The highest BCUT2D eigenvalue weighted by molar-refractivity contribution is 5.97. The number of hydrogen-bond acceptors (Lipinski definition) is 5. The second-order valence-corrected chi connectivity index (χ2v) is 5.09. The Hall–Kier alpha value is -2.63. The Morgan fingerprint density at radius 3 is 2.36 bits per heavy atom. The molecule has 0 aliphatic heterocycles. The molecule has 6 heteroatoms. The lowest BCUT2D eigenvalue weighted by Gasteiger charge is -2.11. The Bertz CT molecular complexity index is 679. The lowest BCUT2D eigenvalue weighted by molar-refractivity contribution is -0.119. The van der Waals surface area contributed by atoms with Gasteiger partial charge in [0.1, 0.15) is 11.3 Å². The second-order valence-electron chi connectivity index (χ2n) is 5.09. The zero-order chi connectivity index (χ0) is 16.3. The molecule has 0 saturated carbocycles. The van der Waals surface area contributed by atoms with Crippen molar-refractivity contribution >= 4 is 17.6 Å². The van der Waals surface area contributed by atoms with Gasteiger partial charge in [0.05, 0.1) is 5.69 Å². The molecule has 0 spiro atoms. The molecule has 2 rings (SSSR count). The van der Waals surface area contributed by atoms with E-state index in [0.717, 1.165) is 16.8 Å². The summed E-state index contributed by atoms with van der Waals surface area (Å²) in [5.41, 5.74) is 3.34. The largest absolute Gasteiger partial charge is 0.452 e. The molecule has 0 saturated heterocycles. The van der Waals surface area contributed by atoms with E-state index in [-0.39, 0.29) is 12.2 Å². The topological polar surface area (TPSA) is 81.4 Å². The molecule has 2 aromatic rings. The first-order valence-corrected chi connectivity index (χ1v) is 6.86. The standard InChI is InChI=1S/C16H18N2O4/c1-9-6-5-7-10(2)15(9)17-13(19)8-21-16(20)14-11(3)18-22-12(14)4/h5-7H,8H2,1-4H3,(H,17,19). The van der Waals surface area contributed by atoms with Crippen LogP contribution in [0.4, 0.5) is 5.69 Å². The van der Waals surface area contributed by atoms with Gasteiger partial charge in [-0.3, -0.25) is 4.79 Å². The number of esters is 1. The molecule has 0 aliphatic carbocycles. The minimum absolute atomic E-state index is 0.264. The molecule has 1 aromatic heterocycles. The molecule has 1 amide bonds. The second kappa shape index (κ2) is 6.43. The molecule has 0 atom stereocenters. The van der Waals surface area contributed by atoms with Gasteiger partial charge in [-0.1, -0.05) is 23.4 Å². The van der Waals surface area contributed by atoms with Crippen LogP contribution in [0.15, 0.2) is 22.7 Å². The fourth-order valence-corrected chi connectivity index (χ4v) is 2.16. The van der Waals surface area contributed by atoms with Gasteiger partial charge in [0.15, 0.2) is 6.61 Å². The summed E-state index contributed by atoms with van der Waals surface area (Å²) in [5, 5.41) is 6.43. The van der Waals surface area contributed by atoms with Crippen LogP contribution in [-0.4, -0.2) is 23.6 Å². The van der Waals surface area contributed by atoms with Gasteiger partial charge in [-0.25, -0.2) is 4.79 Å². The zero-order valence-electron chi connectivity index (χ0n) is 13.0. The maximum Gasteiger partial charge on any atom is 0.344 e. The van der Waals surface area contributed by atoms with Gasteiger partial charge in [-0.15, -0.1) is 0 Å². The number of carbonyl (C=O) groups is 2. The number of carbonyl (C=O) groups excluding carboxylic acids is 2. The minimum atomic E-state index is -0.618. The first-order chi connectivity index (χ1) is 10.4. The first-order valence-electron chi connectivity index (χ1n) is 6.86. The Morgan fingerprint density at radius 1 is 1.18 bits per heavy atom. The van der Waals surface area contributed by atoms with E-state index in [2.05, 4.69) is 10.5 Å². The van der Waals surface area contributed by atoms with Crippen molar-refractivity contribution in [3.63, 3.8) is 0 Å². The average Bonchev–Trinajstić information content (AvgIpc) is 2.80. The SMILES string of the molecule is Cc1cccc(C)c1NC(=O)COC(=O)c1c(C)noc1C. The molecule has 116 valence electrons. The van der Waals surface area contributed by atoms with Crippen LogP contribution in [0.2, 0.25) is 0 Å². The van der Waals surface area contributed by atoms with Crippen molar-refractivity contribution in [2.75, 3.05) is 11.9 Å². The van der Waals surface area contributed by atoms with Crippen LogP contribution in [-0.2, 0) is 9.53 Å². The average molecular weight is 302 g/mol. The quantitative estimate of drug-likeness (QED) is 0.878. The van der Waals surface area contributed by atoms with Gasteiger partial charge in [-0.05, 0) is 38.8 Å². The third-order valence-corrected chi connectivity index (χ3v) is 3.32. The van der Waals surface area contributed by atoms with E-state index in [0.29, 0.717) is 11.5 Å². The lowest BCUT2D eigenvalue weighted by atomic mass is 10.1. The summed E-state index contributed by atoms with van der Waals surface area (Å²) in [7, 11) is 0. The molecule has 1 aromatic carbocycles. The number of ether oxygens (including phenoxy) is 1. The molecule has 1 N–H and O–H groups in total. The van der Waals surface area contributed by atoms with Crippen LogP contribution in [0.3, 0.4) is 0 Å². The van der Waals surface area contributed by atoms with E-state index in [4.69, 9.17) is 9.26 Å². The number of aryl methyl sites for hydroxylation is 4. The Labute approximate surface area is 128 Å².